The Kier molecular flexibility index (Phi) is 5.94. The fourth-order valence-electron chi connectivity index (χ4n) is 3.30. The summed E-state index contributed by atoms with van der Waals surface area (Å²) in [4.78, 5) is 25.4. The van der Waals surface area contributed by atoms with Crippen LogP contribution in [0.2, 0.25) is 0 Å². The van der Waals surface area contributed by atoms with Crippen molar-refractivity contribution < 1.29 is 14.0 Å². The summed E-state index contributed by atoms with van der Waals surface area (Å²) in [5.74, 6) is -0.569. The van der Waals surface area contributed by atoms with Gasteiger partial charge in [0, 0.05) is 29.3 Å². The zero-order chi connectivity index (χ0) is 21.8. The standard InChI is InChI=1S/C26H23FN2O2/c27-21-11-9-18(10-12-21)23(26(31)29-22-13-14-22)15-17-5-7-19(8-6-17)25(30)16-20-3-1-2-4-24(20)28/h1-12,15,22H,13-14,16,28H2,(H,29,31)/b23-15-. The number of rotatable bonds is 7. The fourth-order valence-corrected chi connectivity index (χ4v) is 3.30. The van der Waals surface area contributed by atoms with E-state index >= 15 is 0 Å². The Labute approximate surface area is 180 Å². The number of ketones is 1. The molecule has 0 spiro atoms. The van der Waals surface area contributed by atoms with E-state index in [1.54, 1.807) is 48.5 Å². The lowest BCUT2D eigenvalue weighted by Gasteiger charge is -2.10. The maximum Gasteiger partial charge on any atom is 0.252 e. The normalized spacial score (nSPS) is 13.6. The molecule has 156 valence electrons. The van der Waals surface area contributed by atoms with Crippen molar-refractivity contribution in [2.75, 3.05) is 5.73 Å². The molecule has 31 heavy (non-hydrogen) atoms. The van der Waals surface area contributed by atoms with Crippen LogP contribution < -0.4 is 11.1 Å². The number of nitrogens with one attached hydrogen (secondary N) is 1. The summed E-state index contributed by atoms with van der Waals surface area (Å²) < 4.78 is 13.3. The van der Waals surface area contributed by atoms with Crippen LogP contribution in [-0.2, 0) is 11.2 Å². The Morgan fingerprint density at radius 2 is 1.58 bits per heavy atom. The number of nitrogen functional groups attached to an aromatic ring is 1. The number of carbonyl (C=O) groups excluding carboxylic acids is 2. The molecule has 1 saturated carbocycles. The van der Waals surface area contributed by atoms with E-state index < -0.39 is 0 Å². The molecule has 0 bridgehead atoms. The highest BCUT2D eigenvalue weighted by Crippen LogP contribution is 2.24. The number of benzene rings is 3. The SMILES string of the molecule is Nc1ccccc1CC(=O)c1ccc(/C=C(\C(=O)NC2CC2)c2ccc(F)cc2)cc1. The Hall–Kier alpha value is -3.73. The van der Waals surface area contributed by atoms with E-state index in [4.69, 9.17) is 5.73 Å². The van der Waals surface area contributed by atoms with Crippen LogP contribution in [0, 0.1) is 5.82 Å². The molecule has 0 saturated heterocycles. The molecule has 1 amide bonds. The Bertz CT molecular complexity index is 1130. The van der Waals surface area contributed by atoms with Crippen molar-refractivity contribution >= 4 is 29.0 Å². The van der Waals surface area contributed by atoms with Crippen molar-refractivity contribution in [1.29, 1.82) is 0 Å². The first-order valence-corrected chi connectivity index (χ1v) is 10.2. The molecule has 0 radical (unpaired) electrons. The lowest BCUT2D eigenvalue weighted by atomic mass is 9.98. The molecule has 4 rings (SSSR count). The van der Waals surface area contributed by atoms with Crippen molar-refractivity contribution in [3.05, 3.63) is 101 Å². The van der Waals surface area contributed by atoms with Crippen molar-refractivity contribution in [2.24, 2.45) is 0 Å². The first kappa shape index (κ1) is 20.5. The first-order valence-electron chi connectivity index (χ1n) is 10.2. The molecule has 1 fully saturated rings. The maximum atomic E-state index is 13.3. The quantitative estimate of drug-likeness (QED) is 0.256. The van der Waals surface area contributed by atoms with E-state index in [1.807, 2.05) is 18.2 Å². The summed E-state index contributed by atoms with van der Waals surface area (Å²) in [5.41, 5.74) is 9.79. The predicted octanol–water partition coefficient (Wildman–Crippen LogP) is 4.65. The van der Waals surface area contributed by atoms with Crippen LogP contribution in [0.3, 0.4) is 0 Å². The minimum Gasteiger partial charge on any atom is -0.398 e. The Balaban J connectivity index is 1.56. The van der Waals surface area contributed by atoms with Crippen molar-refractivity contribution in [3.8, 4) is 0 Å². The predicted molar refractivity (Wildman–Crippen MR) is 121 cm³/mol. The summed E-state index contributed by atoms with van der Waals surface area (Å²) in [5, 5.41) is 2.98. The summed E-state index contributed by atoms with van der Waals surface area (Å²) in [6.07, 6.45) is 3.94. The van der Waals surface area contributed by atoms with Gasteiger partial charge in [0.2, 0.25) is 0 Å². The van der Waals surface area contributed by atoms with Gasteiger partial charge < -0.3 is 11.1 Å². The van der Waals surface area contributed by atoms with Crippen LogP contribution in [0.25, 0.3) is 11.6 Å². The van der Waals surface area contributed by atoms with Crippen LogP contribution >= 0.6 is 0 Å². The zero-order valence-corrected chi connectivity index (χ0v) is 17.0. The molecule has 4 nitrogen and oxygen atoms in total. The number of carbonyl (C=O) groups is 2. The van der Waals surface area contributed by atoms with Crippen molar-refractivity contribution in [1.82, 2.24) is 5.32 Å². The van der Waals surface area contributed by atoms with E-state index in [2.05, 4.69) is 5.32 Å². The first-order chi connectivity index (χ1) is 15.0. The van der Waals surface area contributed by atoms with Crippen molar-refractivity contribution in [3.63, 3.8) is 0 Å². The average Bonchev–Trinajstić information content (AvgIpc) is 3.59. The molecule has 0 aromatic heterocycles. The van der Waals surface area contributed by atoms with E-state index in [9.17, 15) is 14.0 Å². The Morgan fingerprint density at radius 3 is 2.23 bits per heavy atom. The third-order valence-electron chi connectivity index (χ3n) is 5.26. The monoisotopic (exact) mass is 414 g/mol. The van der Waals surface area contributed by atoms with Gasteiger partial charge in [0.05, 0.1) is 0 Å². The molecule has 1 aliphatic carbocycles. The number of halogens is 1. The molecule has 5 heteroatoms. The molecule has 3 N–H and O–H groups in total. The minimum atomic E-state index is -0.354. The summed E-state index contributed by atoms with van der Waals surface area (Å²) in [7, 11) is 0. The second kappa shape index (κ2) is 8.96. The number of Topliss-reactive ketones (excluding diaryl/α,β-unsaturated/α-hetero) is 1. The van der Waals surface area contributed by atoms with Gasteiger partial charge in [0.1, 0.15) is 5.82 Å². The fraction of sp³-hybridized carbons (Fsp3) is 0.154. The lowest BCUT2D eigenvalue weighted by molar-refractivity contribution is -0.115. The van der Waals surface area contributed by atoms with Gasteiger partial charge in [-0.25, -0.2) is 4.39 Å². The second-order valence-corrected chi connectivity index (χ2v) is 7.73. The van der Waals surface area contributed by atoms with Gasteiger partial charge in [-0.05, 0) is 53.8 Å². The van der Waals surface area contributed by atoms with Gasteiger partial charge in [0.15, 0.2) is 5.78 Å². The molecule has 0 heterocycles. The third-order valence-corrected chi connectivity index (χ3v) is 5.26. The second-order valence-electron chi connectivity index (χ2n) is 7.73. The minimum absolute atomic E-state index is 0.0290. The van der Waals surface area contributed by atoms with Gasteiger partial charge in [0.25, 0.3) is 5.91 Å². The largest absolute Gasteiger partial charge is 0.398 e. The number of anilines is 1. The van der Waals surface area contributed by atoms with Crippen LogP contribution in [0.15, 0.2) is 72.8 Å². The molecule has 3 aromatic carbocycles. The molecule has 0 atom stereocenters. The smallest absolute Gasteiger partial charge is 0.252 e. The lowest BCUT2D eigenvalue weighted by Crippen LogP contribution is -2.26. The highest BCUT2D eigenvalue weighted by molar-refractivity contribution is 6.24. The third kappa shape index (κ3) is 5.25. The highest BCUT2D eigenvalue weighted by atomic mass is 19.1. The zero-order valence-electron chi connectivity index (χ0n) is 17.0. The number of amides is 1. The number of nitrogens with two attached hydrogens (primary N) is 1. The van der Waals surface area contributed by atoms with E-state index in [1.165, 1.54) is 12.1 Å². The average molecular weight is 414 g/mol. The van der Waals surface area contributed by atoms with Gasteiger partial charge in [-0.3, -0.25) is 9.59 Å². The molecule has 0 aliphatic heterocycles. The molecular weight excluding hydrogens is 391 g/mol. The number of hydrogen-bond donors (Lipinski definition) is 2. The van der Waals surface area contributed by atoms with Gasteiger partial charge in [-0.15, -0.1) is 0 Å². The topological polar surface area (TPSA) is 72.2 Å². The van der Waals surface area contributed by atoms with Crippen molar-refractivity contribution in [2.45, 2.75) is 25.3 Å². The summed E-state index contributed by atoms with van der Waals surface area (Å²) >= 11 is 0. The van der Waals surface area contributed by atoms with Crippen LogP contribution in [0.5, 0.6) is 0 Å². The van der Waals surface area contributed by atoms with Gasteiger partial charge >= 0.3 is 0 Å². The van der Waals surface area contributed by atoms with E-state index in [0.717, 1.165) is 24.0 Å². The van der Waals surface area contributed by atoms with E-state index in [0.29, 0.717) is 22.4 Å². The van der Waals surface area contributed by atoms with E-state index in [-0.39, 0.29) is 30.0 Å². The number of para-hydroxylation sites is 1. The molecule has 1 aliphatic rings. The summed E-state index contributed by atoms with van der Waals surface area (Å²) in [6, 6.07) is 20.5. The molecule has 0 unspecified atom stereocenters. The Morgan fingerprint density at radius 1 is 0.935 bits per heavy atom. The maximum absolute atomic E-state index is 13.3. The number of hydrogen-bond acceptors (Lipinski definition) is 3. The molecular formula is C26H23FN2O2. The van der Waals surface area contributed by atoms with Gasteiger partial charge in [-0.1, -0.05) is 54.6 Å². The van der Waals surface area contributed by atoms with Gasteiger partial charge in [-0.2, -0.15) is 0 Å². The summed E-state index contributed by atoms with van der Waals surface area (Å²) in [6.45, 7) is 0. The van der Waals surface area contributed by atoms with Crippen LogP contribution in [0.1, 0.15) is 39.9 Å². The van der Waals surface area contributed by atoms with Crippen LogP contribution in [-0.4, -0.2) is 17.7 Å². The molecule has 3 aromatic rings. The van der Waals surface area contributed by atoms with Crippen LogP contribution in [0.4, 0.5) is 10.1 Å². The highest BCUT2D eigenvalue weighted by Gasteiger charge is 2.25.